The monoisotopic (exact) mass is 359 g/mol. The van der Waals surface area contributed by atoms with Gasteiger partial charge >= 0.3 is 11.9 Å². The molecule has 2 rings (SSSR count). The van der Waals surface area contributed by atoms with Crippen molar-refractivity contribution in [3.63, 3.8) is 0 Å². The summed E-state index contributed by atoms with van der Waals surface area (Å²) in [6.07, 6.45) is -0.256. The number of amides is 1. The first kappa shape index (κ1) is 19.1. The van der Waals surface area contributed by atoms with E-state index in [2.05, 4.69) is 5.32 Å². The Balaban J connectivity index is 1.80. The summed E-state index contributed by atoms with van der Waals surface area (Å²) in [5.41, 5.74) is 1.00. The highest BCUT2D eigenvalue weighted by molar-refractivity contribution is 5.94. The Labute approximate surface area is 149 Å². The fourth-order valence-electron chi connectivity index (χ4n) is 2.10. The molecule has 0 saturated carbocycles. The topological polar surface area (TPSA) is 81.7 Å². The summed E-state index contributed by atoms with van der Waals surface area (Å²) in [4.78, 5) is 35.0. The van der Waals surface area contributed by atoms with Gasteiger partial charge in [-0.05, 0) is 42.8 Å². The average Bonchev–Trinajstić information content (AvgIpc) is 2.63. The van der Waals surface area contributed by atoms with E-state index in [0.717, 1.165) is 0 Å². The lowest BCUT2D eigenvalue weighted by atomic mass is 10.1. The zero-order chi connectivity index (χ0) is 18.9. The molecular weight excluding hydrogens is 341 g/mol. The van der Waals surface area contributed by atoms with E-state index in [1.165, 1.54) is 42.5 Å². The summed E-state index contributed by atoms with van der Waals surface area (Å²) < 4.78 is 23.2. The van der Waals surface area contributed by atoms with Crippen molar-refractivity contribution < 1.29 is 28.2 Å². The maximum atomic E-state index is 13.5. The van der Waals surface area contributed by atoms with Crippen molar-refractivity contribution in [2.45, 2.75) is 13.3 Å². The van der Waals surface area contributed by atoms with Gasteiger partial charge in [-0.15, -0.1) is 0 Å². The van der Waals surface area contributed by atoms with Gasteiger partial charge in [-0.2, -0.15) is 0 Å². The minimum absolute atomic E-state index is 0.201. The van der Waals surface area contributed by atoms with Crippen molar-refractivity contribution in [3.8, 4) is 0 Å². The zero-order valence-corrected chi connectivity index (χ0v) is 14.2. The van der Waals surface area contributed by atoms with Crippen LogP contribution in [-0.4, -0.2) is 31.1 Å². The van der Waals surface area contributed by atoms with E-state index in [1.807, 2.05) is 0 Å². The standard InChI is InChI=1S/C19H18FNO5/c1-2-25-19(24)13-7-9-15(10-8-13)21-17(22)12-26-18(23)11-14-5-3-4-6-16(14)20/h3-10H,2,11-12H2,1H3,(H,21,22). The number of carbonyl (C=O) groups excluding carboxylic acids is 3. The first-order valence-corrected chi connectivity index (χ1v) is 7.95. The maximum Gasteiger partial charge on any atom is 0.338 e. The average molecular weight is 359 g/mol. The second-order valence-corrected chi connectivity index (χ2v) is 5.27. The number of halogens is 1. The molecule has 0 aliphatic heterocycles. The molecule has 2 aromatic rings. The van der Waals surface area contributed by atoms with Gasteiger partial charge in [0.25, 0.3) is 5.91 Å². The number of carbonyl (C=O) groups is 3. The minimum Gasteiger partial charge on any atom is -0.462 e. The molecule has 0 aliphatic carbocycles. The number of rotatable bonds is 7. The molecule has 0 unspecified atom stereocenters. The van der Waals surface area contributed by atoms with E-state index >= 15 is 0 Å². The number of nitrogens with one attached hydrogen (secondary N) is 1. The minimum atomic E-state index is -0.706. The van der Waals surface area contributed by atoms with Crippen LogP contribution in [0.25, 0.3) is 0 Å². The van der Waals surface area contributed by atoms with Gasteiger partial charge in [-0.1, -0.05) is 18.2 Å². The van der Waals surface area contributed by atoms with Crippen LogP contribution in [-0.2, 0) is 25.5 Å². The van der Waals surface area contributed by atoms with Crippen LogP contribution in [0.3, 0.4) is 0 Å². The molecule has 1 amide bonds. The molecule has 0 radical (unpaired) electrons. The van der Waals surface area contributed by atoms with Crippen LogP contribution in [0.4, 0.5) is 10.1 Å². The van der Waals surface area contributed by atoms with Crippen molar-refractivity contribution >= 4 is 23.5 Å². The fourth-order valence-corrected chi connectivity index (χ4v) is 2.10. The summed E-state index contributed by atoms with van der Waals surface area (Å²) in [5, 5.41) is 2.53. The van der Waals surface area contributed by atoms with E-state index in [4.69, 9.17) is 9.47 Å². The summed E-state index contributed by atoms with van der Waals surface area (Å²) in [6.45, 7) is 1.49. The third-order valence-corrected chi connectivity index (χ3v) is 3.34. The first-order chi connectivity index (χ1) is 12.5. The summed E-state index contributed by atoms with van der Waals surface area (Å²) in [6, 6.07) is 11.9. The van der Waals surface area contributed by atoms with Crippen molar-refractivity contribution in [1.29, 1.82) is 0 Å². The van der Waals surface area contributed by atoms with Crippen LogP contribution in [0.15, 0.2) is 48.5 Å². The summed E-state index contributed by atoms with van der Waals surface area (Å²) in [5.74, 6) is -2.21. The molecule has 136 valence electrons. The quantitative estimate of drug-likeness (QED) is 0.769. The van der Waals surface area contributed by atoms with Gasteiger partial charge in [0.1, 0.15) is 5.82 Å². The predicted molar refractivity (Wildman–Crippen MR) is 92.1 cm³/mol. The number of ether oxygens (including phenoxy) is 2. The van der Waals surface area contributed by atoms with Crippen LogP contribution in [0, 0.1) is 5.82 Å². The van der Waals surface area contributed by atoms with Crippen molar-refractivity contribution in [3.05, 3.63) is 65.5 Å². The lowest BCUT2D eigenvalue weighted by Crippen LogP contribution is -2.21. The highest BCUT2D eigenvalue weighted by atomic mass is 19.1. The van der Waals surface area contributed by atoms with E-state index in [0.29, 0.717) is 11.3 Å². The van der Waals surface area contributed by atoms with Gasteiger partial charge in [0.2, 0.25) is 0 Å². The van der Waals surface area contributed by atoms with E-state index in [9.17, 15) is 18.8 Å². The zero-order valence-electron chi connectivity index (χ0n) is 14.2. The molecule has 1 N–H and O–H groups in total. The first-order valence-electron chi connectivity index (χ1n) is 7.95. The van der Waals surface area contributed by atoms with Gasteiger partial charge in [0.15, 0.2) is 6.61 Å². The molecule has 0 heterocycles. The maximum absolute atomic E-state index is 13.5. The number of anilines is 1. The van der Waals surface area contributed by atoms with Crippen LogP contribution < -0.4 is 5.32 Å². The van der Waals surface area contributed by atoms with Gasteiger partial charge in [-0.3, -0.25) is 9.59 Å². The molecule has 7 heteroatoms. The second kappa shape index (κ2) is 9.31. The Morgan fingerprint density at radius 2 is 1.69 bits per heavy atom. The van der Waals surface area contributed by atoms with Crippen LogP contribution in [0.1, 0.15) is 22.8 Å². The predicted octanol–water partition coefficient (Wildman–Crippen LogP) is 2.73. The molecule has 6 nitrogen and oxygen atoms in total. The van der Waals surface area contributed by atoms with Crippen LogP contribution >= 0.6 is 0 Å². The molecule has 0 saturated heterocycles. The molecular formula is C19H18FNO5. The molecule has 26 heavy (non-hydrogen) atoms. The third-order valence-electron chi connectivity index (χ3n) is 3.34. The largest absolute Gasteiger partial charge is 0.462 e. The Kier molecular flexibility index (Phi) is 6.84. The van der Waals surface area contributed by atoms with Crippen molar-refractivity contribution in [1.82, 2.24) is 0 Å². The lowest BCUT2D eigenvalue weighted by Gasteiger charge is -2.08. The normalized spacial score (nSPS) is 10.1. The Morgan fingerprint density at radius 1 is 1.00 bits per heavy atom. The van der Waals surface area contributed by atoms with Gasteiger partial charge in [0.05, 0.1) is 18.6 Å². The smallest absolute Gasteiger partial charge is 0.338 e. The molecule has 0 bridgehead atoms. The molecule has 0 atom stereocenters. The third kappa shape index (κ3) is 5.70. The lowest BCUT2D eigenvalue weighted by molar-refractivity contribution is -0.146. The van der Waals surface area contributed by atoms with Crippen molar-refractivity contribution in [2.75, 3.05) is 18.5 Å². The Bertz CT molecular complexity index is 789. The number of benzene rings is 2. The molecule has 0 fully saturated rings. The highest BCUT2D eigenvalue weighted by Gasteiger charge is 2.12. The Morgan fingerprint density at radius 3 is 2.35 bits per heavy atom. The van der Waals surface area contributed by atoms with Gasteiger partial charge < -0.3 is 14.8 Å². The van der Waals surface area contributed by atoms with Gasteiger partial charge in [-0.25, -0.2) is 9.18 Å². The molecule has 0 aliphatic rings. The Hall–Kier alpha value is -3.22. The number of hydrogen-bond donors (Lipinski definition) is 1. The number of hydrogen-bond acceptors (Lipinski definition) is 5. The second-order valence-electron chi connectivity index (χ2n) is 5.27. The van der Waals surface area contributed by atoms with Crippen LogP contribution in [0.2, 0.25) is 0 Å². The summed E-state index contributed by atoms with van der Waals surface area (Å²) in [7, 11) is 0. The SMILES string of the molecule is CCOC(=O)c1ccc(NC(=O)COC(=O)Cc2ccccc2F)cc1. The summed E-state index contributed by atoms with van der Waals surface area (Å²) >= 11 is 0. The number of esters is 2. The molecule has 2 aromatic carbocycles. The van der Waals surface area contributed by atoms with Gasteiger partial charge in [0, 0.05) is 5.69 Å². The van der Waals surface area contributed by atoms with E-state index in [-0.39, 0.29) is 18.6 Å². The van der Waals surface area contributed by atoms with Crippen LogP contribution in [0.5, 0.6) is 0 Å². The fraction of sp³-hybridized carbons (Fsp3) is 0.211. The van der Waals surface area contributed by atoms with Crippen molar-refractivity contribution in [2.24, 2.45) is 0 Å². The van der Waals surface area contributed by atoms with E-state index in [1.54, 1.807) is 13.0 Å². The molecule has 0 aromatic heterocycles. The van der Waals surface area contributed by atoms with E-state index < -0.39 is 30.3 Å². The highest BCUT2D eigenvalue weighted by Crippen LogP contribution is 2.11. The molecule has 0 spiro atoms.